The number of hydrogen-bond acceptors (Lipinski definition) is 2. The van der Waals surface area contributed by atoms with Gasteiger partial charge in [0.1, 0.15) is 5.01 Å². The third-order valence-corrected chi connectivity index (χ3v) is 2.53. The Balaban J connectivity index is 2.59. The Morgan fingerprint density at radius 1 is 1.70 bits per heavy atom. The first-order chi connectivity index (χ1) is 4.86. The summed E-state index contributed by atoms with van der Waals surface area (Å²) in [5, 5.41) is 3.12. The minimum atomic E-state index is 0.550. The van der Waals surface area contributed by atoms with Gasteiger partial charge in [-0.1, -0.05) is 13.3 Å². The van der Waals surface area contributed by atoms with Gasteiger partial charge in [0.05, 0.1) is 11.6 Å². The molecule has 1 aromatic rings. The molecule has 0 aliphatic rings. The molecule has 1 nitrogen and oxygen atoms in total. The van der Waals surface area contributed by atoms with Crippen molar-refractivity contribution in [3.63, 3.8) is 0 Å². The van der Waals surface area contributed by atoms with Crippen molar-refractivity contribution in [2.24, 2.45) is 0 Å². The first-order valence-electron chi connectivity index (χ1n) is 3.36. The predicted octanol–water partition coefficient (Wildman–Crippen LogP) is 2.83. The van der Waals surface area contributed by atoms with Crippen LogP contribution in [0.2, 0.25) is 0 Å². The van der Waals surface area contributed by atoms with Crippen molar-refractivity contribution in [2.75, 3.05) is 0 Å². The van der Waals surface area contributed by atoms with Gasteiger partial charge in [-0.15, -0.1) is 22.9 Å². The van der Waals surface area contributed by atoms with Gasteiger partial charge >= 0.3 is 0 Å². The van der Waals surface area contributed by atoms with Crippen LogP contribution in [0, 0.1) is 0 Å². The van der Waals surface area contributed by atoms with Gasteiger partial charge in [0, 0.05) is 5.38 Å². The van der Waals surface area contributed by atoms with Crippen molar-refractivity contribution < 1.29 is 0 Å². The molecule has 0 aromatic carbocycles. The number of halogens is 1. The minimum absolute atomic E-state index is 0.550. The van der Waals surface area contributed by atoms with Crippen molar-refractivity contribution in [1.29, 1.82) is 0 Å². The van der Waals surface area contributed by atoms with Gasteiger partial charge < -0.3 is 0 Å². The molecule has 0 saturated heterocycles. The molecule has 0 amide bonds. The first-order valence-corrected chi connectivity index (χ1v) is 4.77. The van der Waals surface area contributed by atoms with E-state index >= 15 is 0 Å². The standard InChI is InChI=1S/C7H10ClNS/c1-2-3-6-5-10-7(4-8)9-6/h5H,2-4H2,1H3. The zero-order valence-corrected chi connectivity index (χ0v) is 7.50. The Bertz CT molecular complexity index is 197. The molecule has 0 aliphatic heterocycles. The van der Waals surface area contributed by atoms with Crippen molar-refractivity contribution >= 4 is 22.9 Å². The van der Waals surface area contributed by atoms with Crippen molar-refractivity contribution in [3.05, 3.63) is 16.1 Å². The van der Waals surface area contributed by atoms with Gasteiger partial charge in [0.15, 0.2) is 0 Å². The number of alkyl halides is 1. The molecule has 1 rings (SSSR count). The van der Waals surface area contributed by atoms with Crippen molar-refractivity contribution in [3.8, 4) is 0 Å². The largest absolute Gasteiger partial charge is 0.245 e. The Hall–Kier alpha value is -0.0800. The van der Waals surface area contributed by atoms with Gasteiger partial charge in [-0.25, -0.2) is 4.98 Å². The molecule has 0 atom stereocenters. The van der Waals surface area contributed by atoms with E-state index in [0.717, 1.165) is 17.8 Å². The summed E-state index contributed by atoms with van der Waals surface area (Å²) in [4.78, 5) is 4.31. The topological polar surface area (TPSA) is 12.9 Å². The third-order valence-electron chi connectivity index (χ3n) is 1.22. The van der Waals surface area contributed by atoms with E-state index < -0.39 is 0 Å². The van der Waals surface area contributed by atoms with E-state index in [4.69, 9.17) is 11.6 Å². The SMILES string of the molecule is CCCc1csc(CCl)n1. The Morgan fingerprint density at radius 2 is 2.50 bits per heavy atom. The highest BCUT2D eigenvalue weighted by molar-refractivity contribution is 7.09. The van der Waals surface area contributed by atoms with Gasteiger partial charge in [-0.05, 0) is 6.42 Å². The smallest absolute Gasteiger partial charge is 0.108 e. The number of aryl methyl sites for hydroxylation is 1. The Morgan fingerprint density at radius 3 is 3.00 bits per heavy atom. The zero-order chi connectivity index (χ0) is 7.40. The molecule has 10 heavy (non-hydrogen) atoms. The number of thiazole rings is 1. The number of hydrogen-bond donors (Lipinski definition) is 0. The van der Waals surface area contributed by atoms with Crippen LogP contribution in [0.5, 0.6) is 0 Å². The van der Waals surface area contributed by atoms with Crippen LogP contribution < -0.4 is 0 Å². The van der Waals surface area contributed by atoms with E-state index in [0.29, 0.717) is 5.88 Å². The normalized spacial score (nSPS) is 10.2. The lowest BCUT2D eigenvalue weighted by Crippen LogP contribution is -1.82. The molecule has 0 saturated carbocycles. The molecule has 0 radical (unpaired) electrons. The van der Waals surface area contributed by atoms with Crippen molar-refractivity contribution in [2.45, 2.75) is 25.6 Å². The highest BCUT2D eigenvalue weighted by Gasteiger charge is 1.97. The second kappa shape index (κ2) is 3.94. The first kappa shape index (κ1) is 8.02. The van der Waals surface area contributed by atoms with Crippen LogP contribution in [0.15, 0.2) is 5.38 Å². The summed E-state index contributed by atoms with van der Waals surface area (Å²) >= 11 is 7.23. The molecule has 3 heteroatoms. The van der Waals surface area contributed by atoms with Crippen LogP contribution in [-0.2, 0) is 12.3 Å². The second-order valence-corrected chi connectivity index (χ2v) is 3.33. The Kier molecular flexibility index (Phi) is 3.16. The third kappa shape index (κ3) is 1.96. The zero-order valence-electron chi connectivity index (χ0n) is 5.93. The maximum absolute atomic E-state index is 5.59. The maximum Gasteiger partial charge on any atom is 0.108 e. The summed E-state index contributed by atoms with van der Waals surface area (Å²) in [5.41, 5.74) is 1.18. The molecule has 56 valence electrons. The van der Waals surface area contributed by atoms with Crippen molar-refractivity contribution in [1.82, 2.24) is 4.98 Å². The molecular weight excluding hydrogens is 166 g/mol. The molecule has 0 unspecified atom stereocenters. The molecule has 0 bridgehead atoms. The van der Waals surface area contributed by atoms with E-state index in [1.165, 1.54) is 5.69 Å². The minimum Gasteiger partial charge on any atom is -0.245 e. The van der Waals surface area contributed by atoms with E-state index in [-0.39, 0.29) is 0 Å². The Labute approximate surface area is 70.1 Å². The average molecular weight is 176 g/mol. The summed E-state index contributed by atoms with van der Waals surface area (Å²) in [6, 6.07) is 0. The van der Waals surface area contributed by atoms with Crippen LogP contribution in [-0.4, -0.2) is 4.98 Å². The fourth-order valence-electron chi connectivity index (χ4n) is 0.781. The lowest BCUT2D eigenvalue weighted by Gasteiger charge is -1.86. The van der Waals surface area contributed by atoms with Crippen LogP contribution in [0.4, 0.5) is 0 Å². The molecule has 1 heterocycles. The van der Waals surface area contributed by atoms with Gasteiger partial charge in [0.2, 0.25) is 0 Å². The molecule has 0 fully saturated rings. The molecule has 0 spiro atoms. The van der Waals surface area contributed by atoms with Gasteiger partial charge in [-0.2, -0.15) is 0 Å². The lowest BCUT2D eigenvalue weighted by molar-refractivity contribution is 0.887. The number of aromatic nitrogens is 1. The molecule has 0 N–H and O–H groups in total. The van der Waals surface area contributed by atoms with Crippen LogP contribution in [0.3, 0.4) is 0 Å². The van der Waals surface area contributed by atoms with E-state index in [1.54, 1.807) is 11.3 Å². The molecule has 1 aromatic heterocycles. The van der Waals surface area contributed by atoms with E-state index in [9.17, 15) is 0 Å². The van der Waals surface area contributed by atoms with Crippen LogP contribution >= 0.6 is 22.9 Å². The summed E-state index contributed by atoms with van der Waals surface area (Å²) in [5.74, 6) is 0.550. The summed E-state index contributed by atoms with van der Waals surface area (Å²) in [6.07, 6.45) is 2.23. The quantitative estimate of drug-likeness (QED) is 0.644. The molecular formula is C7H10ClNS. The summed E-state index contributed by atoms with van der Waals surface area (Å²) in [6.45, 7) is 2.15. The number of rotatable bonds is 3. The second-order valence-electron chi connectivity index (χ2n) is 2.12. The van der Waals surface area contributed by atoms with Gasteiger partial charge in [-0.3, -0.25) is 0 Å². The number of nitrogens with zero attached hydrogens (tertiary/aromatic N) is 1. The van der Waals surface area contributed by atoms with E-state index in [1.807, 2.05) is 0 Å². The summed E-state index contributed by atoms with van der Waals surface area (Å²) in [7, 11) is 0. The predicted molar refractivity (Wildman–Crippen MR) is 45.7 cm³/mol. The highest BCUT2D eigenvalue weighted by atomic mass is 35.5. The fourth-order valence-corrected chi connectivity index (χ4v) is 1.71. The van der Waals surface area contributed by atoms with E-state index in [2.05, 4.69) is 17.3 Å². The van der Waals surface area contributed by atoms with Crippen LogP contribution in [0.1, 0.15) is 24.0 Å². The van der Waals surface area contributed by atoms with Gasteiger partial charge in [0.25, 0.3) is 0 Å². The average Bonchev–Trinajstić information content (AvgIpc) is 2.37. The summed E-state index contributed by atoms with van der Waals surface area (Å²) < 4.78 is 0. The highest BCUT2D eigenvalue weighted by Crippen LogP contribution is 2.12. The lowest BCUT2D eigenvalue weighted by atomic mass is 10.3. The maximum atomic E-state index is 5.59. The fraction of sp³-hybridized carbons (Fsp3) is 0.571. The van der Waals surface area contributed by atoms with Crippen LogP contribution in [0.25, 0.3) is 0 Å². The molecule has 0 aliphatic carbocycles. The monoisotopic (exact) mass is 175 g/mol.